The summed E-state index contributed by atoms with van der Waals surface area (Å²) in [7, 11) is -2.78. The Labute approximate surface area is 99.9 Å². The smallest absolute Gasteiger partial charge is 0.150 e. The molecule has 1 aliphatic carbocycles. The number of rotatable bonds is 9. The van der Waals surface area contributed by atoms with E-state index in [0.717, 1.165) is 31.7 Å². The molecule has 0 heterocycles. The topological polar surface area (TPSA) is 46.2 Å². The maximum absolute atomic E-state index is 11.5. The van der Waals surface area contributed by atoms with Gasteiger partial charge in [-0.05, 0) is 44.6 Å². The van der Waals surface area contributed by atoms with Gasteiger partial charge in [-0.3, -0.25) is 0 Å². The Balaban J connectivity index is 2.22. The minimum atomic E-state index is -2.78. The molecular weight excluding hydrogens is 222 g/mol. The molecule has 1 N–H and O–H groups in total. The van der Waals surface area contributed by atoms with Crippen molar-refractivity contribution >= 4 is 9.84 Å². The lowest BCUT2D eigenvalue weighted by Gasteiger charge is -2.16. The van der Waals surface area contributed by atoms with Gasteiger partial charge in [0, 0.05) is 11.8 Å². The quantitative estimate of drug-likeness (QED) is 0.677. The Morgan fingerprint density at radius 1 is 1.25 bits per heavy atom. The Morgan fingerprint density at radius 3 is 2.44 bits per heavy atom. The summed E-state index contributed by atoms with van der Waals surface area (Å²) in [6.07, 6.45) is 5.21. The van der Waals surface area contributed by atoms with E-state index in [1.165, 1.54) is 12.8 Å². The Bertz CT molecular complexity index is 283. The molecule has 1 saturated carbocycles. The highest BCUT2D eigenvalue weighted by atomic mass is 32.2. The average Bonchev–Trinajstić information content (AvgIpc) is 2.99. The lowest BCUT2D eigenvalue weighted by Crippen LogP contribution is -2.31. The molecule has 1 rings (SSSR count). The Morgan fingerprint density at radius 2 is 1.94 bits per heavy atom. The zero-order chi connectivity index (χ0) is 12.0. The molecule has 3 nitrogen and oxygen atoms in total. The van der Waals surface area contributed by atoms with E-state index >= 15 is 0 Å². The van der Waals surface area contributed by atoms with Crippen LogP contribution in [0.1, 0.15) is 46.0 Å². The normalized spacial score (nSPS) is 18.6. The molecule has 4 heteroatoms. The van der Waals surface area contributed by atoms with Crippen molar-refractivity contribution in [3.8, 4) is 0 Å². The van der Waals surface area contributed by atoms with E-state index in [1.807, 2.05) is 6.92 Å². The summed E-state index contributed by atoms with van der Waals surface area (Å²) in [5.41, 5.74) is 0. The molecule has 0 saturated heterocycles. The average molecular weight is 247 g/mol. The van der Waals surface area contributed by atoms with Crippen molar-refractivity contribution in [2.75, 3.05) is 18.1 Å². The van der Waals surface area contributed by atoms with Crippen molar-refractivity contribution in [3.05, 3.63) is 0 Å². The SMILES string of the molecule is CCCS(=O)(=O)CCCC(NCC)C1CC1. The van der Waals surface area contributed by atoms with Crippen LogP contribution in [0.25, 0.3) is 0 Å². The summed E-state index contributed by atoms with van der Waals surface area (Å²) in [6.45, 7) is 5.02. The second kappa shape index (κ2) is 6.60. The highest BCUT2D eigenvalue weighted by molar-refractivity contribution is 7.91. The van der Waals surface area contributed by atoms with Crippen LogP contribution in [0.3, 0.4) is 0 Å². The minimum absolute atomic E-state index is 0.350. The third-order valence-corrected chi connectivity index (χ3v) is 5.08. The number of hydrogen-bond donors (Lipinski definition) is 1. The second-order valence-corrected chi connectivity index (χ2v) is 7.10. The summed E-state index contributed by atoms with van der Waals surface area (Å²) >= 11 is 0. The summed E-state index contributed by atoms with van der Waals surface area (Å²) in [4.78, 5) is 0. The molecule has 0 spiro atoms. The molecule has 0 aromatic heterocycles. The van der Waals surface area contributed by atoms with Gasteiger partial charge in [0.1, 0.15) is 9.84 Å². The van der Waals surface area contributed by atoms with Crippen LogP contribution in [0, 0.1) is 5.92 Å². The van der Waals surface area contributed by atoms with Crippen LogP contribution in [0.2, 0.25) is 0 Å². The summed E-state index contributed by atoms with van der Waals surface area (Å²) in [6, 6.07) is 0.557. The molecule has 0 amide bonds. The van der Waals surface area contributed by atoms with E-state index in [9.17, 15) is 8.42 Å². The fourth-order valence-electron chi connectivity index (χ4n) is 2.20. The molecule has 1 fully saturated rings. The first kappa shape index (κ1) is 14.0. The molecule has 0 radical (unpaired) electrons. The molecule has 1 aliphatic rings. The van der Waals surface area contributed by atoms with E-state index in [0.29, 0.717) is 17.5 Å². The third kappa shape index (κ3) is 5.30. The standard InChI is InChI=1S/C12H25NO2S/c1-3-9-16(14,15)10-5-6-12(13-4-2)11-7-8-11/h11-13H,3-10H2,1-2H3. The zero-order valence-corrected chi connectivity index (χ0v) is 11.4. The molecule has 0 bridgehead atoms. The first-order chi connectivity index (χ1) is 7.59. The maximum Gasteiger partial charge on any atom is 0.150 e. The van der Waals surface area contributed by atoms with Gasteiger partial charge >= 0.3 is 0 Å². The monoisotopic (exact) mass is 247 g/mol. The largest absolute Gasteiger partial charge is 0.314 e. The van der Waals surface area contributed by atoms with E-state index < -0.39 is 9.84 Å². The van der Waals surface area contributed by atoms with E-state index in [-0.39, 0.29) is 0 Å². The highest BCUT2D eigenvalue weighted by Gasteiger charge is 2.30. The second-order valence-electron chi connectivity index (χ2n) is 4.80. The van der Waals surface area contributed by atoms with Crippen LogP contribution in [-0.4, -0.2) is 32.5 Å². The lowest BCUT2D eigenvalue weighted by molar-refractivity contribution is 0.441. The van der Waals surface area contributed by atoms with Gasteiger partial charge in [0.25, 0.3) is 0 Å². The highest BCUT2D eigenvalue weighted by Crippen LogP contribution is 2.34. The molecule has 1 atom stereocenters. The van der Waals surface area contributed by atoms with Gasteiger partial charge in [-0.2, -0.15) is 0 Å². The fourth-order valence-corrected chi connectivity index (χ4v) is 3.63. The summed E-state index contributed by atoms with van der Waals surface area (Å²) in [5.74, 6) is 1.53. The van der Waals surface area contributed by atoms with Crippen LogP contribution < -0.4 is 5.32 Å². The molecule has 0 aromatic carbocycles. The first-order valence-corrected chi connectivity index (χ1v) is 8.35. The molecule has 0 aliphatic heterocycles. The molecule has 0 aromatic rings. The van der Waals surface area contributed by atoms with Crippen LogP contribution in [0.5, 0.6) is 0 Å². The molecular formula is C12H25NO2S. The van der Waals surface area contributed by atoms with Gasteiger partial charge in [-0.1, -0.05) is 13.8 Å². The van der Waals surface area contributed by atoms with Crippen molar-refractivity contribution in [1.29, 1.82) is 0 Å². The van der Waals surface area contributed by atoms with Crippen molar-refractivity contribution in [1.82, 2.24) is 5.32 Å². The van der Waals surface area contributed by atoms with Crippen molar-refractivity contribution in [3.63, 3.8) is 0 Å². The van der Waals surface area contributed by atoms with Gasteiger partial charge in [-0.25, -0.2) is 8.42 Å². The van der Waals surface area contributed by atoms with Crippen LogP contribution in [0.4, 0.5) is 0 Å². The van der Waals surface area contributed by atoms with Crippen LogP contribution >= 0.6 is 0 Å². The lowest BCUT2D eigenvalue weighted by atomic mass is 10.1. The van der Waals surface area contributed by atoms with Crippen LogP contribution in [-0.2, 0) is 9.84 Å². The van der Waals surface area contributed by atoms with E-state index in [4.69, 9.17) is 0 Å². The van der Waals surface area contributed by atoms with E-state index in [2.05, 4.69) is 12.2 Å². The predicted molar refractivity (Wildman–Crippen MR) is 68.4 cm³/mol. The van der Waals surface area contributed by atoms with Gasteiger partial charge in [0.15, 0.2) is 0 Å². The Kier molecular flexibility index (Phi) is 5.76. The van der Waals surface area contributed by atoms with Gasteiger partial charge in [0.05, 0.1) is 5.75 Å². The molecule has 96 valence electrons. The minimum Gasteiger partial charge on any atom is -0.314 e. The third-order valence-electron chi connectivity index (χ3n) is 3.14. The maximum atomic E-state index is 11.5. The van der Waals surface area contributed by atoms with Crippen molar-refractivity contribution in [2.24, 2.45) is 5.92 Å². The summed E-state index contributed by atoms with van der Waals surface area (Å²) < 4.78 is 23.1. The number of nitrogens with one attached hydrogen (secondary N) is 1. The predicted octanol–water partition coefficient (Wildman–Crippen LogP) is 1.98. The van der Waals surface area contributed by atoms with Gasteiger partial charge in [0.2, 0.25) is 0 Å². The van der Waals surface area contributed by atoms with Crippen molar-refractivity contribution < 1.29 is 8.42 Å². The summed E-state index contributed by atoms with van der Waals surface area (Å²) in [5, 5.41) is 3.47. The van der Waals surface area contributed by atoms with Gasteiger partial charge in [-0.15, -0.1) is 0 Å². The first-order valence-electron chi connectivity index (χ1n) is 6.53. The zero-order valence-electron chi connectivity index (χ0n) is 10.5. The number of hydrogen-bond acceptors (Lipinski definition) is 3. The van der Waals surface area contributed by atoms with E-state index in [1.54, 1.807) is 0 Å². The fraction of sp³-hybridized carbons (Fsp3) is 1.00. The van der Waals surface area contributed by atoms with Crippen LogP contribution in [0.15, 0.2) is 0 Å². The number of sulfone groups is 1. The van der Waals surface area contributed by atoms with Crippen molar-refractivity contribution in [2.45, 2.75) is 52.0 Å². The van der Waals surface area contributed by atoms with Gasteiger partial charge < -0.3 is 5.32 Å². The molecule has 16 heavy (non-hydrogen) atoms. The molecule has 1 unspecified atom stereocenters. The Hall–Kier alpha value is -0.0900.